The number of piperidine rings is 1. The van der Waals surface area contributed by atoms with Crippen LogP contribution >= 0.6 is 0 Å². The van der Waals surface area contributed by atoms with E-state index >= 15 is 0 Å². The largest absolute Gasteiger partial charge is 0.369 e. The van der Waals surface area contributed by atoms with Crippen molar-refractivity contribution in [2.24, 2.45) is 11.7 Å². The highest BCUT2D eigenvalue weighted by Crippen LogP contribution is 2.20. The molecule has 0 aromatic carbocycles. The van der Waals surface area contributed by atoms with Crippen molar-refractivity contribution in [3.05, 3.63) is 0 Å². The van der Waals surface area contributed by atoms with Crippen LogP contribution in [-0.4, -0.2) is 53.8 Å². The maximum Gasteiger partial charge on any atom is 0.239 e. The highest BCUT2D eigenvalue weighted by Gasteiger charge is 2.30. The minimum absolute atomic E-state index is 0.00765. The van der Waals surface area contributed by atoms with E-state index in [1.54, 1.807) is 0 Å². The Morgan fingerprint density at radius 1 is 1.00 bits per heavy atom. The van der Waals surface area contributed by atoms with Gasteiger partial charge in [0.15, 0.2) is 0 Å². The summed E-state index contributed by atoms with van der Waals surface area (Å²) in [5.74, 6) is 0.0484. The van der Waals surface area contributed by atoms with Gasteiger partial charge in [0.05, 0.1) is 6.04 Å². The molecule has 2 aliphatic rings. The van der Waals surface area contributed by atoms with E-state index in [0.717, 1.165) is 51.9 Å². The molecule has 2 saturated heterocycles. The fourth-order valence-electron chi connectivity index (χ4n) is 3.28. The highest BCUT2D eigenvalue weighted by atomic mass is 16.2. The first-order chi connectivity index (χ1) is 9.59. The van der Waals surface area contributed by atoms with Gasteiger partial charge in [-0.05, 0) is 45.7 Å². The lowest BCUT2D eigenvalue weighted by molar-refractivity contribution is -0.137. The third-order valence-electron chi connectivity index (χ3n) is 4.75. The third-order valence-corrected chi connectivity index (χ3v) is 4.75. The quantitative estimate of drug-likeness (QED) is 0.838. The molecule has 2 aliphatic heterocycles. The van der Waals surface area contributed by atoms with E-state index in [4.69, 9.17) is 5.73 Å². The Morgan fingerprint density at radius 3 is 2.05 bits per heavy atom. The molecule has 1 atom stereocenters. The van der Waals surface area contributed by atoms with Crippen LogP contribution in [0.2, 0.25) is 0 Å². The van der Waals surface area contributed by atoms with Gasteiger partial charge < -0.3 is 10.6 Å². The lowest BCUT2D eigenvalue weighted by Gasteiger charge is -2.36. The molecule has 0 aromatic rings. The van der Waals surface area contributed by atoms with Gasteiger partial charge in [0.2, 0.25) is 11.8 Å². The lowest BCUT2D eigenvalue weighted by atomic mass is 9.95. The van der Waals surface area contributed by atoms with Gasteiger partial charge in [0.25, 0.3) is 0 Å². The maximum atomic E-state index is 12.6. The first-order valence-corrected chi connectivity index (χ1v) is 7.91. The maximum absolute atomic E-state index is 12.6. The molecule has 2 rings (SSSR count). The molecular weight excluding hydrogens is 254 g/mol. The molecule has 0 aliphatic carbocycles. The van der Waals surface area contributed by atoms with Crippen LogP contribution in [0.15, 0.2) is 0 Å². The van der Waals surface area contributed by atoms with Gasteiger partial charge >= 0.3 is 0 Å². The average molecular weight is 281 g/mol. The number of nitrogens with zero attached hydrogens (tertiary/aromatic N) is 2. The molecule has 2 amide bonds. The van der Waals surface area contributed by atoms with Crippen LogP contribution in [0.25, 0.3) is 0 Å². The predicted octanol–water partition coefficient (Wildman–Crippen LogP) is 0.975. The van der Waals surface area contributed by atoms with Crippen LogP contribution in [0.1, 0.15) is 45.4 Å². The van der Waals surface area contributed by atoms with Crippen molar-refractivity contribution < 1.29 is 9.59 Å². The third kappa shape index (κ3) is 3.72. The summed E-state index contributed by atoms with van der Waals surface area (Å²) in [5.41, 5.74) is 5.35. The Hall–Kier alpha value is -1.10. The number of hydrogen-bond acceptors (Lipinski definition) is 3. The van der Waals surface area contributed by atoms with Crippen LogP contribution in [0, 0.1) is 5.92 Å². The Kier molecular flexibility index (Phi) is 5.40. The molecule has 5 nitrogen and oxygen atoms in total. The summed E-state index contributed by atoms with van der Waals surface area (Å²) in [6.07, 6.45) is 6.30. The second-order valence-corrected chi connectivity index (χ2v) is 6.13. The van der Waals surface area contributed by atoms with E-state index in [2.05, 4.69) is 4.90 Å². The molecule has 114 valence electrons. The zero-order valence-electron chi connectivity index (χ0n) is 12.5. The summed E-state index contributed by atoms with van der Waals surface area (Å²) in [6.45, 7) is 5.41. The van der Waals surface area contributed by atoms with E-state index in [-0.39, 0.29) is 23.8 Å². The molecule has 1 unspecified atom stereocenters. The Morgan fingerprint density at radius 2 is 1.55 bits per heavy atom. The van der Waals surface area contributed by atoms with Crippen molar-refractivity contribution in [2.75, 3.05) is 26.2 Å². The Balaban J connectivity index is 1.85. The average Bonchev–Trinajstić information content (AvgIpc) is 2.75. The first-order valence-electron chi connectivity index (χ1n) is 7.91. The SMILES string of the molecule is CC(C(=O)N1CCCCCC1)N1CCC(C(N)=O)CC1. The summed E-state index contributed by atoms with van der Waals surface area (Å²) in [7, 11) is 0. The fourth-order valence-corrected chi connectivity index (χ4v) is 3.28. The van der Waals surface area contributed by atoms with Gasteiger partial charge in [-0.25, -0.2) is 0 Å². The van der Waals surface area contributed by atoms with Crippen molar-refractivity contribution in [2.45, 2.75) is 51.5 Å². The van der Waals surface area contributed by atoms with Crippen molar-refractivity contribution >= 4 is 11.8 Å². The van der Waals surface area contributed by atoms with E-state index in [1.807, 2.05) is 11.8 Å². The lowest BCUT2D eigenvalue weighted by Crippen LogP contribution is -2.50. The van der Waals surface area contributed by atoms with E-state index in [0.29, 0.717) is 0 Å². The van der Waals surface area contributed by atoms with Gasteiger partial charge in [-0.1, -0.05) is 12.8 Å². The van der Waals surface area contributed by atoms with Crippen molar-refractivity contribution in [1.82, 2.24) is 9.80 Å². The number of likely N-dealkylation sites (tertiary alicyclic amines) is 2. The second kappa shape index (κ2) is 7.07. The van der Waals surface area contributed by atoms with Crippen LogP contribution in [0.4, 0.5) is 0 Å². The number of amides is 2. The monoisotopic (exact) mass is 281 g/mol. The zero-order valence-corrected chi connectivity index (χ0v) is 12.5. The van der Waals surface area contributed by atoms with Crippen molar-refractivity contribution in [3.8, 4) is 0 Å². The summed E-state index contributed by atoms with van der Waals surface area (Å²) >= 11 is 0. The number of carbonyl (C=O) groups is 2. The zero-order chi connectivity index (χ0) is 14.5. The molecule has 20 heavy (non-hydrogen) atoms. The van der Waals surface area contributed by atoms with Gasteiger partial charge in [-0.2, -0.15) is 0 Å². The topological polar surface area (TPSA) is 66.6 Å². The molecular formula is C15H27N3O2. The Bertz CT molecular complexity index is 343. The van der Waals surface area contributed by atoms with Crippen molar-refractivity contribution in [3.63, 3.8) is 0 Å². The second-order valence-electron chi connectivity index (χ2n) is 6.13. The van der Waals surface area contributed by atoms with Crippen molar-refractivity contribution in [1.29, 1.82) is 0 Å². The van der Waals surface area contributed by atoms with Crippen LogP contribution in [0.3, 0.4) is 0 Å². The molecule has 0 spiro atoms. The normalized spacial score (nSPS) is 24.1. The van der Waals surface area contributed by atoms with Crippen LogP contribution in [-0.2, 0) is 9.59 Å². The minimum atomic E-state index is -0.198. The summed E-state index contributed by atoms with van der Waals surface area (Å²) in [5, 5.41) is 0. The number of nitrogens with two attached hydrogens (primary N) is 1. The molecule has 2 N–H and O–H groups in total. The molecule has 0 saturated carbocycles. The van der Waals surface area contributed by atoms with Gasteiger partial charge in [0, 0.05) is 19.0 Å². The smallest absolute Gasteiger partial charge is 0.239 e. The van der Waals surface area contributed by atoms with Crippen LogP contribution in [0.5, 0.6) is 0 Å². The molecule has 0 bridgehead atoms. The summed E-state index contributed by atoms with van der Waals surface area (Å²) < 4.78 is 0. The fraction of sp³-hybridized carbons (Fsp3) is 0.867. The first kappa shape index (κ1) is 15.3. The van der Waals surface area contributed by atoms with Gasteiger partial charge in [-0.15, -0.1) is 0 Å². The summed E-state index contributed by atoms with van der Waals surface area (Å²) in [6, 6.07) is -0.0677. The molecule has 0 radical (unpaired) electrons. The molecule has 2 fully saturated rings. The number of primary amides is 1. The predicted molar refractivity (Wildman–Crippen MR) is 78.0 cm³/mol. The van der Waals surface area contributed by atoms with Gasteiger partial charge in [0.1, 0.15) is 0 Å². The van der Waals surface area contributed by atoms with E-state index < -0.39 is 0 Å². The molecule has 2 heterocycles. The highest BCUT2D eigenvalue weighted by molar-refractivity contribution is 5.81. The minimum Gasteiger partial charge on any atom is -0.369 e. The molecule has 0 aromatic heterocycles. The van der Waals surface area contributed by atoms with E-state index in [1.165, 1.54) is 12.8 Å². The number of rotatable bonds is 3. The number of hydrogen-bond donors (Lipinski definition) is 1. The standard InChI is InChI=1S/C15H27N3O2/c1-12(15(20)18-8-4-2-3-5-9-18)17-10-6-13(7-11-17)14(16)19/h12-13H,2-11H2,1H3,(H2,16,19). The Labute approximate surface area is 121 Å². The summed E-state index contributed by atoms with van der Waals surface area (Å²) in [4.78, 5) is 28.0. The molecule has 5 heteroatoms. The van der Waals surface area contributed by atoms with Gasteiger partial charge in [-0.3, -0.25) is 14.5 Å². The van der Waals surface area contributed by atoms with Crippen LogP contribution < -0.4 is 5.73 Å². The number of carbonyl (C=O) groups excluding carboxylic acids is 2. The van der Waals surface area contributed by atoms with E-state index in [9.17, 15) is 9.59 Å².